The normalized spacial score (nSPS) is 11.6. The Labute approximate surface area is 120 Å². The number of thiophene rings is 1. The lowest BCUT2D eigenvalue weighted by Crippen LogP contribution is -2.15. The summed E-state index contributed by atoms with van der Waals surface area (Å²) < 4.78 is 28.2. The standard InChI is InChI=1S/C13H11N3O2S2/c14-13-12(2-1-6-15-13)20(17,18)16-10-3-4-11-9(8-10)5-7-19-11/h1-8,16H,(H2,14,15). The van der Waals surface area contributed by atoms with Crippen molar-refractivity contribution in [3.8, 4) is 0 Å². The Bertz CT molecular complexity index is 872. The van der Waals surface area contributed by atoms with E-state index in [1.807, 2.05) is 17.5 Å². The fourth-order valence-electron chi connectivity index (χ4n) is 1.87. The molecule has 0 saturated heterocycles. The van der Waals surface area contributed by atoms with Gasteiger partial charge in [-0.3, -0.25) is 4.72 Å². The summed E-state index contributed by atoms with van der Waals surface area (Å²) in [5, 5.41) is 2.96. The minimum Gasteiger partial charge on any atom is -0.383 e. The van der Waals surface area contributed by atoms with Crippen LogP contribution in [-0.2, 0) is 10.0 Å². The predicted octanol–water partition coefficient (Wildman–Crippen LogP) is 2.68. The second kappa shape index (κ2) is 4.77. The first-order chi connectivity index (χ1) is 9.56. The highest BCUT2D eigenvalue weighted by molar-refractivity contribution is 7.92. The average Bonchev–Trinajstić information content (AvgIpc) is 2.86. The lowest BCUT2D eigenvalue weighted by atomic mass is 10.2. The molecule has 5 nitrogen and oxygen atoms in total. The second-order valence-corrected chi connectivity index (χ2v) is 6.76. The van der Waals surface area contributed by atoms with Gasteiger partial charge in [-0.2, -0.15) is 0 Å². The Kier molecular flexibility index (Phi) is 3.07. The van der Waals surface area contributed by atoms with Gasteiger partial charge in [0, 0.05) is 16.6 Å². The number of sulfonamides is 1. The highest BCUT2D eigenvalue weighted by atomic mass is 32.2. The number of hydrogen-bond donors (Lipinski definition) is 2. The van der Waals surface area contributed by atoms with E-state index >= 15 is 0 Å². The van der Waals surface area contributed by atoms with E-state index in [9.17, 15) is 8.42 Å². The molecule has 3 aromatic rings. The molecular weight excluding hydrogens is 294 g/mol. The Morgan fingerprint density at radius 1 is 1.20 bits per heavy atom. The Morgan fingerprint density at radius 3 is 2.85 bits per heavy atom. The zero-order chi connectivity index (χ0) is 14.2. The molecule has 0 radical (unpaired) electrons. The molecule has 0 aliphatic heterocycles. The summed E-state index contributed by atoms with van der Waals surface area (Å²) in [6, 6.07) is 10.3. The summed E-state index contributed by atoms with van der Waals surface area (Å²) in [6.07, 6.45) is 1.45. The van der Waals surface area contributed by atoms with Crippen LogP contribution in [0.2, 0.25) is 0 Å². The Morgan fingerprint density at radius 2 is 2.05 bits per heavy atom. The van der Waals surface area contributed by atoms with E-state index in [1.165, 1.54) is 18.3 Å². The topological polar surface area (TPSA) is 85.1 Å². The molecule has 0 saturated carbocycles. The number of hydrogen-bond acceptors (Lipinski definition) is 5. The van der Waals surface area contributed by atoms with Gasteiger partial charge in [-0.05, 0) is 47.2 Å². The number of nitrogen functional groups attached to an aromatic ring is 1. The van der Waals surface area contributed by atoms with Gasteiger partial charge in [0.05, 0.1) is 0 Å². The van der Waals surface area contributed by atoms with Crippen LogP contribution in [0.3, 0.4) is 0 Å². The van der Waals surface area contributed by atoms with E-state index in [2.05, 4.69) is 9.71 Å². The van der Waals surface area contributed by atoms with Crippen LogP contribution in [0, 0.1) is 0 Å². The summed E-state index contributed by atoms with van der Waals surface area (Å²) in [4.78, 5) is 3.77. The fourth-order valence-corrected chi connectivity index (χ4v) is 3.77. The van der Waals surface area contributed by atoms with Gasteiger partial charge in [0.2, 0.25) is 0 Å². The van der Waals surface area contributed by atoms with Gasteiger partial charge in [0.15, 0.2) is 0 Å². The van der Waals surface area contributed by atoms with E-state index in [4.69, 9.17) is 5.73 Å². The molecule has 0 fully saturated rings. The first kappa shape index (κ1) is 12.9. The molecule has 0 unspecified atom stereocenters. The molecule has 2 aromatic heterocycles. The number of fused-ring (bicyclic) bond motifs is 1. The molecule has 0 aliphatic carbocycles. The minimum absolute atomic E-state index is 0.0170. The number of nitrogens with zero attached hydrogens (tertiary/aromatic N) is 1. The zero-order valence-corrected chi connectivity index (χ0v) is 11.9. The molecule has 0 aliphatic rings. The van der Waals surface area contributed by atoms with Crippen LogP contribution in [0.15, 0.2) is 52.9 Å². The molecule has 1 aromatic carbocycles. The average molecular weight is 305 g/mol. The summed E-state index contributed by atoms with van der Waals surface area (Å²) in [5.74, 6) is -0.0170. The summed E-state index contributed by atoms with van der Waals surface area (Å²) in [7, 11) is -3.73. The van der Waals surface area contributed by atoms with Crippen molar-refractivity contribution >= 4 is 43.0 Å². The van der Waals surface area contributed by atoms with Crippen LogP contribution in [0.1, 0.15) is 0 Å². The number of anilines is 2. The third-order valence-corrected chi connectivity index (χ3v) is 5.12. The number of pyridine rings is 1. The minimum atomic E-state index is -3.73. The van der Waals surface area contributed by atoms with Crippen molar-refractivity contribution in [3.63, 3.8) is 0 Å². The predicted molar refractivity (Wildman–Crippen MR) is 81.3 cm³/mol. The largest absolute Gasteiger partial charge is 0.383 e. The number of nitrogens with two attached hydrogens (primary N) is 1. The molecule has 3 N–H and O–H groups in total. The van der Waals surface area contributed by atoms with E-state index in [0.29, 0.717) is 5.69 Å². The van der Waals surface area contributed by atoms with Crippen LogP contribution in [0.5, 0.6) is 0 Å². The van der Waals surface area contributed by atoms with Crippen LogP contribution in [-0.4, -0.2) is 13.4 Å². The molecule has 0 atom stereocenters. The van der Waals surface area contributed by atoms with Gasteiger partial charge in [-0.25, -0.2) is 13.4 Å². The van der Waals surface area contributed by atoms with E-state index in [1.54, 1.807) is 23.5 Å². The van der Waals surface area contributed by atoms with Crippen molar-refractivity contribution in [1.82, 2.24) is 4.98 Å². The maximum atomic E-state index is 12.3. The maximum absolute atomic E-state index is 12.3. The van der Waals surface area contributed by atoms with Crippen LogP contribution in [0.25, 0.3) is 10.1 Å². The summed E-state index contributed by atoms with van der Waals surface area (Å²) in [5.41, 5.74) is 6.10. The fraction of sp³-hybridized carbons (Fsp3) is 0. The van der Waals surface area contributed by atoms with Gasteiger partial charge in [-0.15, -0.1) is 11.3 Å². The molecule has 0 amide bonds. The van der Waals surface area contributed by atoms with Crippen molar-refractivity contribution in [1.29, 1.82) is 0 Å². The van der Waals surface area contributed by atoms with Gasteiger partial charge in [0.1, 0.15) is 10.7 Å². The quantitative estimate of drug-likeness (QED) is 0.779. The van der Waals surface area contributed by atoms with Crippen LogP contribution >= 0.6 is 11.3 Å². The molecule has 20 heavy (non-hydrogen) atoms. The monoisotopic (exact) mass is 305 g/mol. The number of benzene rings is 1. The van der Waals surface area contributed by atoms with Crippen molar-refractivity contribution in [2.24, 2.45) is 0 Å². The van der Waals surface area contributed by atoms with Crippen LogP contribution in [0.4, 0.5) is 11.5 Å². The third-order valence-electron chi connectivity index (χ3n) is 2.79. The Balaban J connectivity index is 1.99. The lowest BCUT2D eigenvalue weighted by molar-refractivity contribution is 0.601. The van der Waals surface area contributed by atoms with Crippen molar-refractivity contribution in [3.05, 3.63) is 48.0 Å². The van der Waals surface area contributed by atoms with Gasteiger partial charge < -0.3 is 5.73 Å². The van der Waals surface area contributed by atoms with Gasteiger partial charge in [0.25, 0.3) is 10.0 Å². The molecule has 102 valence electrons. The van der Waals surface area contributed by atoms with Gasteiger partial charge in [-0.1, -0.05) is 0 Å². The first-order valence-corrected chi connectivity index (χ1v) is 8.13. The van der Waals surface area contributed by atoms with Crippen molar-refractivity contribution in [2.45, 2.75) is 4.90 Å². The van der Waals surface area contributed by atoms with Crippen molar-refractivity contribution in [2.75, 3.05) is 10.5 Å². The zero-order valence-electron chi connectivity index (χ0n) is 10.3. The number of aromatic nitrogens is 1. The van der Waals surface area contributed by atoms with E-state index in [-0.39, 0.29) is 10.7 Å². The van der Waals surface area contributed by atoms with Crippen LogP contribution < -0.4 is 10.5 Å². The van der Waals surface area contributed by atoms with Crippen molar-refractivity contribution < 1.29 is 8.42 Å². The summed E-state index contributed by atoms with van der Waals surface area (Å²) >= 11 is 1.61. The molecular formula is C13H11N3O2S2. The summed E-state index contributed by atoms with van der Waals surface area (Å²) in [6.45, 7) is 0. The highest BCUT2D eigenvalue weighted by Gasteiger charge is 2.18. The highest BCUT2D eigenvalue weighted by Crippen LogP contribution is 2.26. The molecule has 0 spiro atoms. The molecule has 2 heterocycles. The smallest absolute Gasteiger partial charge is 0.265 e. The van der Waals surface area contributed by atoms with E-state index < -0.39 is 10.0 Å². The molecule has 0 bridgehead atoms. The molecule has 7 heteroatoms. The number of nitrogens with one attached hydrogen (secondary N) is 1. The Hall–Kier alpha value is -2.12. The molecule has 3 rings (SSSR count). The van der Waals surface area contributed by atoms with Gasteiger partial charge >= 0.3 is 0 Å². The third kappa shape index (κ3) is 2.33. The first-order valence-electron chi connectivity index (χ1n) is 5.77. The maximum Gasteiger partial charge on any atom is 0.265 e. The second-order valence-electron chi connectivity index (χ2n) is 4.17. The lowest BCUT2D eigenvalue weighted by Gasteiger charge is -2.09. The van der Waals surface area contributed by atoms with E-state index in [0.717, 1.165) is 10.1 Å². The number of rotatable bonds is 3. The SMILES string of the molecule is Nc1ncccc1S(=O)(=O)Nc1ccc2sccc2c1.